The number of piperidine rings is 1. The number of rotatable bonds is 4. The molecule has 3 amide bonds. The largest absolute Gasteiger partial charge is 0.446 e. The van der Waals surface area contributed by atoms with E-state index in [1.54, 1.807) is 16.0 Å². The van der Waals surface area contributed by atoms with Gasteiger partial charge >= 0.3 is 12.2 Å². The van der Waals surface area contributed by atoms with Gasteiger partial charge in [0.05, 0.1) is 5.02 Å². The van der Waals surface area contributed by atoms with Crippen molar-refractivity contribution in [1.29, 1.82) is 0 Å². The van der Waals surface area contributed by atoms with Gasteiger partial charge in [0.1, 0.15) is 23.9 Å². The molecule has 4 heterocycles. The molecule has 11 heteroatoms. The lowest BCUT2D eigenvalue weighted by Gasteiger charge is -2.36. The number of carbonyl (C=O) groups excluding carboxylic acids is 3. The number of piperazine rings is 1. The van der Waals surface area contributed by atoms with Crippen LogP contribution in [0.2, 0.25) is 5.02 Å². The zero-order valence-corrected chi connectivity index (χ0v) is 24.9. The summed E-state index contributed by atoms with van der Waals surface area (Å²) in [5, 5.41) is 1.64. The Balaban J connectivity index is 1.07. The van der Waals surface area contributed by atoms with Crippen LogP contribution in [0.3, 0.4) is 0 Å². The number of benzene rings is 1. The molecule has 1 N–H and O–H groups in total. The first-order valence-electron chi connectivity index (χ1n) is 14.6. The molecule has 2 saturated heterocycles. The first-order chi connectivity index (χ1) is 20.1. The van der Waals surface area contributed by atoms with Gasteiger partial charge in [0.25, 0.3) is 0 Å². The monoisotopic (exact) mass is 593 g/mol. The fourth-order valence-corrected chi connectivity index (χ4v) is 6.00. The van der Waals surface area contributed by atoms with Gasteiger partial charge in [0.15, 0.2) is 0 Å². The predicted octanol–water partition coefficient (Wildman–Crippen LogP) is 5.95. The van der Waals surface area contributed by atoms with E-state index >= 15 is 0 Å². The number of aromatic amines is 1. The zero-order chi connectivity index (χ0) is 29.6. The number of carbonyl (C=O) groups is 3. The fourth-order valence-electron chi connectivity index (χ4n) is 5.64. The third kappa shape index (κ3) is 5.90. The fraction of sp³-hybridized carbons (Fsp3) is 0.484. The lowest BCUT2D eigenvalue weighted by Crippen LogP contribution is -2.53. The van der Waals surface area contributed by atoms with Gasteiger partial charge in [-0.25, -0.2) is 14.6 Å². The normalized spacial score (nSPS) is 18.5. The second kappa shape index (κ2) is 11.1. The Morgan fingerprint density at radius 2 is 1.79 bits per heavy atom. The number of aromatic nitrogens is 2. The molecule has 2 aliphatic heterocycles. The van der Waals surface area contributed by atoms with Crippen LogP contribution in [0.4, 0.5) is 15.3 Å². The molecule has 3 aliphatic rings. The van der Waals surface area contributed by atoms with Gasteiger partial charge < -0.3 is 24.3 Å². The molecule has 0 atom stereocenters. The molecule has 10 nitrogen and oxygen atoms in total. The number of amides is 3. The van der Waals surface area contributed by atoms with E-state index in [4.69, 9.17) is 21.1 Å². The summed E-state index contributed by atoms with van der Waals surface area (Å²) in [6, 6.07) is 7.71. The predicted molar refractivity (Wildman–Crippen MR) is 160 cm³/mol. The Morgan fingerprint density at radius 1 is 1.02 bits per heavy atom. The number of ether oxygens (including phenoxy) is 2. The van der Waals surface area contributed by atoms with Crippen LogP contribution in [0.15, 0.2) is 36.7 Å². The molecule has 2 aromatic heterocycles. The quantitative estimate of drug-likeness (QED) is 0.401. The number of hydrogen-bond donors (Lipinski definition) is 1. The number of H-pyrrole nitrogens is 1. The van der Waals surface area contributed by atoms with Gasteiger partial charge in [-0.15, -0.1) is 0 Å². The number of pyridine rings is 1. The molecule has 0 radical (unpaired) electrons. The average molecular weight is 594 g/mol. The maximum absolute atomic E-state index is 13.2. The number of hydrogen-bond acceptors (Lipinski definition) is 6. The lowest BCUT2D eigenvalue weighted by atomic mass is 10.0. The first kappa shape index (κ1) is 28.3. The van der Waals surface area contributed by atoms with E-state index in [0.717, 1.165) is 40.7 Å². The van der Waals surface area contributed by atoms with Crippen molar-refractivity contribution in [2.45, 2.75) is 64.1 Å². The van der Waals surface area contributed by atoms with Crippen molar-refractivity contribution in [1.82, 2.24) is 19.8 Å². The number of fused-ring (bicyclic) bond motifs is 1. The summed E-state index contributed by atoms with van der Waals surface area (Å²) in [5.74, 6) is 0.349. The number of nitrogens with one attached hydrogen (secondary N) is 1. The molecule has 3 fully saturated rings. The molecule has 0 unspecified atom stereocenters. The van der Waals surface area contributed by atoms with Gasteiger partial charge in [0, 0.05) is 68.1 Å². The number of anilines is 1. The molecule has 1 aliphatic carbocycles. The Bertz CT molecular complexity index is 1520. The van der Waals surface area contributed by atoms with Crippen molar-refractivity contribution in [3.63, 3.8) is 0 Å². The topological polar surface area (TPSA) is 108 Å². The molecule has 222 valence electrons. The summed E-state index contributed by atoms with van der Waals surface area (Å²) in [6.45, 7) is 7.04. The molecular weight excluding hydrogens is 558 g/mol. The Kier molecular flexibility index (Phi) is 7.51. The van der Waals surface area contributed by atoms with Crippen molar-refractivity contribution >= 4 is 46.4 Å². The summed E-state index contributed by atoms with van der Waals surface area (Å²) >= 11 is 6.92. The maximum Gasteiger partial charge on any atom is 0.410 e. The first-order valence-corrected chi connectivity index (χ1v) is 14.9. The molecule has 3 aromatic rings. The summed E-state index contributed by atoms with van der Waals surface area (Å²) < 4.78 is 11.1. The van der Waals surface area contributed by atoms with E-state index in [2.05, 4.69) is 9.97 Å². The Labute approximate surface area is 249 Å². The summed E-state index contributed by atoms with van der Waals surface area (Å²) in [4.78, 5) is 51.0. The van der Waals surface area contributed by atoms with E-state index in [-0.39, 0.29) is 24.6 Å². The van der Waals surface area contributed by atoms with Gasteiger partial charge in [-0.05, 0) is 62.8 Å². The van der Waals surface area contributed by atoms with Crippen LogP contribution >= 0.6 is 11.6 Å². The Hall–Kier alpha value is -3.79. The molecule has 1 aromatic carbocycles. The zero-order valence-electron chi connectivity index (χ0n) is 24.2. The number of halogens is 1. The highest BCUT2D eigenvalue weighted by molar-refractivity contribution is 6.38. The number of nitrogens with zero attached hydrogens (tertiary/aromatic N) is 4. The minimum absolute atomic E-state index is 0.0673. The molecule has 42 heavy (non-hydrogen) atoms. The van der Waals surface area contributed by atoms with E-state index in [9.17, 15) is 14.4 Å². The minimum atomic E-state index is -0.558. The van der Waals surface area contributed by atoms with Crippen LogP contribution in [0.5, 0.6) is 0 Å². The maximum atomic E-state index is 13.2. The summed E-state index contributed by atoms with van der Waals surface area (Å²) in [5.41, 5.74) is 3.88. The lowest BCUT2D eigenvalue weighted by molar-refractivity contribution is -0.121. The van der Waals surface area contributed by atoms with Crippen molar-refractivity contribution in [3.8, 4) is 11.1 Å². The smallest absolute Gasteiger partial charge is 0.410 e. The van der Waals surface area contributed by atoms with E-state index in [0.29, 0.717) is 50.0 Å². The highest BCUT2D eigenvalue weighted by Crippen LogP contribution is 2.46. The van der Waals surface area contributed by atoms with Crippen molar-refractivity contribution < 1.29 is 23.9 Å². The second-order valence-electron chi connectivity index (χ2n) is 12.3. The molecule has 6 rings (SSSR count). The van der Waals surface area contributed by atoms with Gasteiger partial charge in [-0.2, -0.15) is 0 Å². The highest BCUT2D eigenvalue weighted by Gasteiger charge is 2.33. The van der Waals surface area contributed by atoms with Gasteiger partial charge in [-0.1, -0.05) is 23.7 Å². The van der Waals surface area contributed by atoms with Gasteiger partial charge in [-0.3, -0.25) is 9.69 Å². The van der Waals surface area contributed by atoms with Gasteiger partial charge in [0.2, 0.25) is 5.91 Å². The van der Waals surface area contributed by atoms with E-state index in [1.807, 2.05) is 51.2 Å². The van der Waals surface area contributed by atoms with Crippen LogP contribution in [0.25, 0.3) is 22.2 Å². The third-order valence-corrected chi connectivity index (χ3v) is 8.39. The van der Waals surface area contributed by atoms with Crippen LogP contribution < -0.4 is 4.90 Å². The van der Waals surface area contributed by atoms with Crippen LogP contribution in [-0.4, -0.2) is 82.3 Å². The number of likely N-dealkylation sites (tertiary alicyclic amines) is 1. The van der Waals surface area contributed by atoms with E-state index < -0.39 is 11.7 Å². The second-order valence-corrected chi connectivity index (χ2v) is 12.7. The Morgan fingerprint density at radius 3 is 2.48 bits per heavy atom. The third-order valence-electron chi connectivity index (χ3n) is 7.99. The van der Waals surface area contributed by atoms with Crippen LogP contribution in [0.1, 0.15) is 57.9 Å². The van der Waals surface area contributed by atoms with Crippen molar-refractivity contribution in [3.05, 3.63) is 47.2 Å². The molecular formula is C31H36ClN5O5. The average Bonchev–Trinajstić information content (AvgIpc) is 3.71. The minimum Gasteiger partial charge on any atom is -0.446 e. The summed E-state index contributed by atoms with van der Waals surface area (Å²) in [7, 11) is 0. The summed E-state index contributed by atoms with van der Waals surface area (Å²) in [6.07, 6.45) is 6.00. The van der Waals surface area contributed by atoms with Crippen molar-refractivity contribution in [2.75, 3.05) is 37.6 Å². The van der Waals surface area contributed by atoms with E-state index in [1.165, 1.54) is 10.5 Å². The SMILES string of the molecule is CC(C)(C)OC(=O)N1CCC(OC(=O)N2CCN(c3cccc(-c4cnc5[nH]cc(C6CC6)c5c4Cl)c3)C(=O)C2)CC1. The molecule has 1 saturated carbocycles. The van der Waals surface area contributed by atoms with Crippen molar-refractivity contribution in [2.24, 2.45) is 0 Å². The molecule has 0 spiro atoms. The standard InChI is InChI=1S/C31H36ClN5O5/c1-31(2,3)42-30(40)35-11-9-22(10-12-35)41-29(39)36-13-14-37(25(38)18-36)21-6-4-5-20(15-21)24-17-34-28-26(27(24)32)23(16-33-28)19-7-8-19/h4-6,15-17,19,22H,7-14,18H2,1-3H3,(H,33,34). The van der Waals surface area contributed by atoms with Crippen LogP contribution in [-0.2, 0) is 14.3 Å². The molecule has 0 bridgehead atoms. The van der Waals surface area contributed by atoms with Crippen LogP contribution in [0, 0.1) is 0 Å². The highest BCUT2D eigenvalue weighted by atomic mass is 35.5.